The number of benzene rings is 2. The van der Waals surface area contributed by atoms with Crippen molar-refractivity contribution in [3.63, 3.8) is 0 Å². The lowest BCUT2D eigenvalue weighted by molar-refractivity contribution is -0.384. The van der Waals surface area contributed by atoms with Gasteiger partial charge in [0.25, 0.3) is 11.6 Å². The van der Waals surface area contributed by atoms with Crippen LogP contribution in [0, 0.1) is 10.1 Å². The largest absolute Gasteiger partial charge is 0.478 e. The van der Waals surface area contributed by atoms with E-state index < -0.39 is 16.8 Å². The van der Waals surface area contributed by atoms with Crippen molar-refractivity contribution in [1.29, 1.82) is 0 Å². The molecule has 0 unspecified atom stereocenters. The average Bonchev–Trinajstić information content (AvgIpc) is 3.34. The van der Waals surface area contributed by atoms with E-state index >= 15 is 0 Å². The molecule has 2 heterocycles. The number of rotatable bonds is 5. The first kappa shape index (κ1) is 21.0. The van der Waals surface area contributed by atoms with Gasteiger partial charge in [0.1, 0.15) is 16.5 Å². The fourth-order valence-corrected chi connectivity index (χ4v) is 3.35. The number of carboxylic acids is 1. The number of amides is 1. The third-order valence-corrected chi connectivity index (χ3v) is 5.06. The number of hydrazone groups is 1. The molecule has 0 aliphatic carbocycles. The van der Waals surface area contributed by atoms with Crippen molar-refractivity contribution < 1.29 is 24.0 Å². The lowest BCUT2D eigenvalue weighted by Crippen LogP contribution is -2.21. The number of carbonyl (C=O) groups is 2. The molecule has 32 heavy (non-hydrogen) atoms. The zero-order chi connectivity index (χ0) is 23.0. The highest BCUT2D eigenvalue weighted by atomic mass is 35.5. The van der Waals surface area contributed by atoms with Gasteiger partial charge in [0.2, 0.25) is 0 Å². The minimum Gasteiger partial charge on any atom is -0.478 e. The quantitative estimate of drug-likeness (QED) is 0.330. The molecule has 3 aromatic rings. The Hall–Kier alpha value is -4.24. The van der Waals surface area contributed by atoms with Crippen LogP contribution in [0.5, 0.6) is 0 Å². The maximum absolute atomic E-state index is 12.9. The van der Waals surface area contributed by atoms with Crippen molar-refractivity contribution in [3.05, 3.63) is 86.6 Å². The first-order valence-electron chi connectivity index (χ1n) is 9.24. The zero-order valence-electron chi connectivity index (χ0n) is 16.5. The minimum absolute atomic E-state index is 0.0168. The normalized spacial score (nSPS) is 14.7. The molecule has 0 spiro atoms. The molecule has 4 rings (SSSR count). The van der Waals surface area contributed by atoms with Crippen LogP contribution in [0.15, 0.2) is 69.7 Å². The van der Waals surface area contributed by atoms with E-state index in [-0.39, 0.29) is 21.8 Å². The summed E-state index contributed by atoms with van der Waals surface area (Å²) in [5.74, 6) is -0.843. The molecule has 0 atom stereocenters. The Bertz CT molecular complexity index is 1340. The van der Waals surface area contributed by atoms with Crippen LogP contribution < -0.4 is 5.01 Å². The number of nitro benzene ring substituents is 1. The van der Waals surface area contributed by atoms with E-state index in [2.05, 4.69) is 5.10 Å². The molecule has 1 aliphatic rings. The summed E-state index contributed by atoms with van der Waals surface area (Å²) in [4.78, 5) is 34.6. The van der Waals surface area contributed by atoms with Gasteiger partial charge in [-0.15, -0.1) is 0 Å². The van der Waals surface area contributed by atoms with Gasteiger partial charge in [-0.1, -0.05) is 17.7 Å². The molecular weight excluding hydrogens is 438 g/mol. The van der Waals surface area contributed by atoms with E-state index in [9.17, 15) is 19.7 Å². The Morgan fingerprint density at radius 3 is 2.72 bits per heavy atom. The Balaban J connectivity index is 1.63. The van der Waals surface area contributed by atoms with Crippen LogP contribution in [-0.2, 0) is 4.79 Å². The third kappa shape index (κ3) is 3.88. The molecule has 0 bridgehead atoms. The Morgan fingerprint density at radius 1 is 1.22 bits per heavy atom. The maximum Gasteiger partial charge on any atom is 0.335 e. The Kier molecular flexibility index (Phi) is 5.33. The van der Waals surface area contributed by atoms with Gasteiger partial charge < -0.3 is 9.52 Å². The molecule has 0 fully saturated rings. The monoisotopic (exact) mass is 451 g/mol. The summed E-state index contributed by atoms with van der Waals surface area (Å²) in [6.07, 6.45) is 1.51. The molecule has 2 aromatic carbocycles. The highest BCUT2D eigenvalue weighted by Crippen LogP contribution is 2.32. The second-order valence-corrected chi connectivity index (χ2v) is 7.25. The lowest BCUT2D eigenvalue weighted by Gasteiger charge is -2.12. The van der Waals surface area contributed by atoms with Crippen LogP contribution >= 0.6 is 11.6 Å². The van der Waals surface area contributed by atoms with E-state index in [1.165, 1.54) is 36.4 Å². The number of carbonyl (C=O) groups excluding carboxylic acids is 1. The van der Waals surface area contributed by atoms with Gasteiger partial charge in [-0.25, -0.2) is 4.79 Å². The summed E-state index contributed by atoms with van der Waals surface area (Å²) in [6.45, 7) is 1.65. The molecule has 1 aromatic heterocycles. The van der Waals surface area contributed by atoms with Crippen molar-refractivity contribution in [2.45, 2.75) is 6.92 Å². The minimum atomic E-state index is -1.11. The van der Waals surface area contributed by atoms with Gasteiger partial charge in [0, 0.05) is 11.6 Å². The number of hydrogen-bond donors (Lipinski definition) is 1. The van der Waals surface area contributed by atoms with Gasteiger partial charge in [-0.2, -0.15) is 10.1 Å². The van der Waals surface area contributed by atoms with E-state index in [1.54, 1.807) is 31.2 Å². The average molecular weight is 452 g/mol. The predicted octanol–water partition coefficient (Wildman–Crippen LogP) is 5.01. The highest BCUT2D eigenvalue weighted by Gasteiger charge is 2.29. The van der Waals surface area contributed by atoms with E-state index in [0.29, 0.717) is 28.5 Å². The number of aromatic carboxylic acids is 1. The number of nitrogens with zero attached hydrogens (tertiary/aromatic N) is 3. The molecule has 160 valence electrons. The standard InChI is InChI=1S/C22H14ClN3O6/c1-12-17(21(27)25(24-12)15-4-2-3-14(9-15)22(28)29)11-16-6-8-20(32-16)13-5-7-18(23)19(10-13)26(30)31/h2-11H,1H3,(H,28,29)/b17-11-. The molecule has 1 N–H and O–H groups in total. The topological polar surface area (TPSA) is 126 Å². The molecule has 1 aliphatic heterocycles. The molecule has 0 saturated heterocycles. The second-order valence-electron chi connectivity index (χ2n) is 6.84. The summed E-state index contributed by atoms with van der Waals surface area (Å²) in [7, 11) is 0. The molecule has 10 heteroatoms. The number of nitro groups is 1. The molecule has 9 nitrogen and oxygen atoms in total. The van der Waals surface area contributed by atoms with Crippen molar-refractivity contribution in [3.8, 4) is 11.3 Å². The first-order chi connectivity index (χ1) is 15.2. The fraction of sp³-hybridized carbons (Fsp3) is 0.0455. The number of carboxylic acid groups (broad SMARTS) is 1. The van der Waals surface area contributed by atoms with E-state index in [4.69, 9.17) is 21.1 Å². The molecule has 0 radical (unpaired) electrons. The van der Waals surface area contributed by atoms with Crippen molar-refractivity contribution in [1.82, 2.24) is 0 Å². The van der Waals surface area contributed by atoms with Crippen LogP contribution in [0.4, 0.5) is 11.4 Å². The van der Waals surface area contributed by atoms with Crippen LogP contribution in [0.3, 0.4) is 0 Å². The number of halogens is 1. The van der Waals surface area contributed by atoms with Crippen molar-refractivity contribution >= 4 is 46.6 Å². The van der Waals surface area contributed by atoms with Gasteiger partial charge in [-0.3, -0.25) is 14.9 Å². The summed E-state index contributed by atoms with van der Waals surface area (Å²) in [6, 6.07) is 13.5. The van der Waals surface area contributed by atoms with Crippen LogP contribution in [0.2, 0.25) is 5.02 Å². The maximum atomic E-state index is 12.9. The summed E-state index contributed by atoms with van der Waals surface area (Å²) in [5, 5.41) is 25.7. The summed E-state index contributed by atoms with van der Waals surface area (Å²) >= 11 is 5.85. The fourth-order valence-electron chi connectivity index (χ4n) is 3.16. The van der Waals surface area contributed by atoms with Crippen molar-refractivity contribution in [2.75, 3.05) is 5.01 Å². The molecular formula is C22H14ClN3O6. The zero-order valence-corrected chi connectivity index (χ0v) is 17.2. The van der Waals surface area contributed by atoms with E-state index in [1.807, 2.05) is 0 Å². The summed E-state index contributed by atoms with van der Waals surface area (Å²) < 4.78 is 5.75. The van der Waals surface area contributed by atoms with Crippen LogP contribution in [0.25, 0.3) is 17.4 Å². The number of furan rings is 1. The van der Waals surface area contributed by atoms with Gasteiger partial charge in [0.15, 0.2) is 0 Å². The number of anilines is 1. The van der Waals surface area contributed by atoms with E-state index in [0.717, 1.165) is 5.01 Å². The Morgan fingerprint density at radius 2 is 2.00 bits per heavy atom. The van der Waals surface area contributed by atoms with Gasteiger partial charge in [-0.05, 0) is 55.5 Å². The lowest BCUT2D eigenvalue weighted by atomic mass is 10.1. The van der Waals surface area contributed by atoms with Crippen LogP contribution in [0.1, 0.15) is 23.0 Å². The highest BCUT2D eigenvalue weighted by molar-refractivity contribution is 6.33. The molecule has 1 amide bonds. The number of hydrogen-bond acceptors (Lipinski definition) is 6. The molecule has 0 saturated carbocycles. The Labute approximate surface area is 186 Å². The van der Waals surface area contributed by atoms with Gasteiger partial charge in [0.05, 0.1) is 27.5 Å². The first-order valence-corrected chi connectivity index (χ1v) is 9.61. The predicted molar refractivity (Wildman–Crippen MR) is 118 cm³/mol. The summed E-state index contributed by atoms with van der Waals surface area (Å²) in [5.41, 5.74) is 1.28. The SMILES string of the molecule is CC1=NN(c2cccc(C(=O)O)c2)C(=O)/C1=C\c1ccc(-c2ccc(Cl)c([N+](=O)[O-])c2)o1. The van der Waals surface area contributed by atoms with Gasteiger partial charge >= 0.3 is 5.97 Å². The third-order valence-electron chi connectivity index (χ3n) is 4.74. The smallest absolute Gasteiger partial charge is 0.335 e. The van der Waals surface area contributed by atoms with Crippen LogP contribution in [-0.4, -0.2) is 27.6 Å². The second kappa shape index (κ2) is 8.12. The van der Waals surface area contributed by atoms with Crippen molar-refractivity contribution in [2.24, 2.45) is 5.10 Å².